The van der Waals surface area contributed by atoms with Gasteiger partial charge in [0.15, 0.2) is 5.76 Å². The van der Waals surface area contributed by atoms with Gasteiger partial charge in [0, 0.05) is 17.4 Å². The second-order valence-corrected chi connectivity index (χ2v) is 5.14. The highest BCUT2D eigenvalue weighted by atomic mass is 79.9. The first-order chi connectivity index (χ1) is 8.78. The molecule has 1 fully saturated rings. The highest BCUT2D eigenvalue weighted by molar-refractivity contribution is 9.08. The summed E-state index contributed by atoms with van der Waals surface area (Å²) in [6.45, 7) is 0.374. The number of rotatable bonds is 4. The predicted molar refractivity (Wildman–Crippen MR) is 71.4 cm³/mol. The Bertz CT molecular complexity index is 388. The monoisotopic (exact) mass is 315 g/mol. The van der Waals surface area contributed by atoms with Crippen LogP contribution in [0.2, 0.25) is 0 Å². The first-order valence-electron chi connectivity index (χ1n) is 6.32. The van der Waals surface area contributed by atoms with Crippen molar-refractivity contribution in [2.75, 3.05) is 0 Å². The molecule has 0 bridgehead atoms. The number of nitrogens with one attached hydrogen (secondary N) is 2. The van der Waals surface area contributed by atoms with Gasteiger partial charge in [0.05, 0.1) is 12.2 Å². The third-order valence-electron chi connectivity index (χ3n) is 3.11. The van der Waals surface area contributed by atoms with Crippen molar-refractivity contribution in [3.63, 3.8) is 0 Å². The Labute approximate surface area is 115 Å². The van der Waals surface area contributed by atoms with E-state index in [2.05, 4.69) is 31.7 Å². The maximum absolute atomic E-state index is 11.7. The molecular weight excluding hydrogens is 298 g/mol. The van der Waals surface area contributed by atoms with Crippen molar-refractivity contribution in [3.05, 3.63) is 17.5 Å². The van der Waals surface area contributed by atoms with Crippen molar-refractivity contribution in [1.29, 1.82) is 0 Å². The number of alkyl halides is 1. The fourth-order valence-electron chi connectivity index (χ4n) is 2.15. The summed E-state index contributed by atoms with van der Waals surface area (Å²) < 4.78 is 5.07. The Morgan fingerprint density at radius 1 is 1.44 bits per heavy atom. The highest BCUT2D eigenvalue weighted by Gasteiger charge is 2.15. The molecule has 0 aromatic carbocycles. The Hall–Kier alpha value is -1.04. The summed E-state index contributed by atoms with van der Waals surface area (Å²) in [6, 6.07) is 2.03. The molecule has 5 nitrogen and oxygen atoms in total. The van der Waals surface area contributed by atoms with Crippen molar-refractivity contribution in [2.45, 2.75) is 50.0 Å². The lowest BCUT2D eigenvalue weighted by molar-refractivity contribution is 0.230. The Balaban J connectivity index is 1.70. The van der Waals surface area contributed by atoms with E-state index in [9.17, 15) is 4.79 Å². The number of urea groups is 1. The van der Waals surface area contributed by atoms with Crippen LogP contribution in [0.3, 0.4) is 0 Å². The van der Waals surface area contributed by atoms with Gasteiger partial charge < -0.3 is 15.2 Å². The number of carbonyl (C=O) groups is 1. The average Bonchev–Trinajstić information content (AvgIpc) is 2.85. The molecule has 1 aliphatic rings. The number of aromatic nitrogens is 1. The molecule has 0 spiro atoms. The highest BCUT2D eigenvalue weighted by Crippen LogP contribution is 2.17. The fraction of sp³-hybridized carbons (Fsp3) is 0.667. The van der Waals surface area contributed by atoms with Crippen molar-refractivity contribution < 1.29 is 9.32 Å². The van der Waals surface area contributed by atoms with Crippen molar-refractivity contribution in [1.82, 2.24) is 15.8 Å². The summed E-state index contributed by atoms with van der Waals surface area (Å²) in [7, 11) is 0. The van der Waals surface area contributed by atoms with Crippen molar-refractivity contribution in [3.8, 4) is 0 Å². The first kappa shape index (κ1) is 13.4. The van der Waals surface area contributed by atoms with E-state index in [1.807, 2.05) is 6.07 Å². The number of nitrogens with zero attached hydrogens (tertiary/aromatic N) is 1. The quantitative estimate of drug-likeness (QED) is 0.839. The average molecular weight is 316 g/mol. The summed E-state index contributed by atoms with van der Waals surface area (Å²) in [5.74, 6) is 0.670. The molecule has 6 heteroatoms. The zero-order valence-corrected chi connectivity index (χ0v) is 11.8. The SMILES string of the molecule is O=C(NCc1cc(CBr)no1)NC1CCCCC1. The maximum Gasteiger partial charge on any atom is 0.315 e. The summed E-state index contributed by atoms with van der Waals surface area (Å²) >= 11 is 3.29. The van der Waals surface area contributed by atoms with Crippen LogP contribution in [0.15, 0.2) is 10.6 Å². The van der Waals surface area contributed by atoms with Gasteiger partial charge in [0.2, 0.25) is 0 Å². The largest absolute Gasteiger partial charge is 0.359 e. The molecule has 0 saturated heterocycles. The van der Waals surface area contributed by atoms with E-state index in [4.69, 9.17) is 4.52 Å². The van der Waals surface area contributed by atoms with Crippen LogP contribution in [0, 0.1) is 0 Å². The molecule has 1 aromatic rings. The lowest BCUT2D eigenvalue weighted by Crippen LogP contribution is -2.42. The summed E-state index contributed by atoms with van der Waals surface area (Å²) in [4.78, 5) is 11.7. The molecule has 2 N–H and O–H groups in total. The third-order valence-corrected chi connectivity index (χ3v) is 3.68. The fourth-order valence-corrected chi connectivity index (χ4v) is 2.42. The number of carbonyl (C=O) groups excluding carboxylic acids is 1. The molecule has 0 unspecified atom stereocenters. The van der Waals surface area contributed by atoms with Gasteiger partial charge in [0.25, 0.3) is 0 Å². The molecule has 0 atom stereocenters. The normalized spacial score (nSPS) is 16.5. The van der Waals surface area contributed by atoms with Gasteiger partial charge in [-0.3, -0.25) is 0 Å². The Morgan fingerprint density at radius 2 is 2.22 bits per heavy atom. The van der Waals surface area contributed by atoms with Gasteiger partial charge >= 0.3 is 6.03 Å². The van der Waals surface area contributed by atoms with E-state index in [0.29, 0.717) is 23.7 Å². The van der Waals surface area contributed by atoms with Crippen LogP contribution >= 0.6 is 15.9 Å². The van der Waals surface area contributed by atoms with Crippen LogP contribution in [0.1, 0.15) is 43.6 Å². The van der Waals surface area contributed by atoms with Crippen LogP contribution in [0.25, 0.3) is 0 Å². The van der Waals surface area contributed by atoms with Gasteiger partial charge in [0.1, 0.15) is 0 Å². The maximum atomic E-state index is 11.7. The molecule has 1 heterocycles. The lowest BCUT2D eigenvalue weighted by atomic mass is 9.96. The van der Waals surface area contributed by atoms with Gasteiger partial charge in [-0.2, -0.15) is 0 Å². The van der Waals surface area contributed by atoms with Gasteiger partial charge in [-0.15, -0.1) is 0 Å². The molecule has 18 heavy (non-hydrogen) atoms. The molecule has 100 valence electrons. The van der Waals surface area contributed by atoms with E-state index >= 15 is 0 Å². The first-order valence-corrected chi connectivity index (χ1v) is 7.45. The number of hydrogen-bond donors (Lipinski definition) is 2. The minimum Gasteiger partial charge on any atom is -0.359 e. The number of amides is 2. The lowest BCUT2D eigenvalue weighted by Gasteiger charge is -2.22. The van der Waals surface area contributed by atoms with Gasteiger partial charge in [-0.1, -0.05) is 40.3 Å². The standard InChI is InChI=1S/C12H18BrN3O2/c13-7-10-6-11(18-16-10)8-14-12(17)15-9-4-2-1-3-5-9/h6,9H,1-5,7-8H2,(H2,14,15,17). The summed E-state index contributed by atoms with van der Waals surface area (Å²) in [6.07, 6.45) is 5.88. The smallest absolute Gasteiger partial charge is 0.315 e. The third kappa shape index (κ3) is 4.01. The van der Waals surface area contributed by atoms with Crippen molar-refractivity contribution in [2.24, 2.45) is 0 Å². The zero-order valence-electron chi connectivity index (χ0n) is 10.2. The van der Waals surface area contributed by atoms with Gasteiger partial charge in [-0.05, 0) is 12.8 Å². The van der Waals surface area contributed by atoms with Crippen molar-refractivity contribution >= 4 is 22.0 Å². The van der Waals surface area contributed by atoms with E-state index in [-0.39, 0.29) is 6.03 Å². The number of hydrogen-bond acceptors (Lipinski definition) is 3. The van der Waals surface area contributed by atoms with Gasteiger partial charge in [-0.25, -0.2) is 4.79 Å². The Kier molecular flexibility index (Phi) is 5.04. The molecular formula is C12H18BrN3O2. The minimum atomic E-state index is -0.126. The minimum absolute atomic E-state index is 0.126. The zero-order chi connectivity index (χ0) is 12.8. The van der Waals surface area contributed by atoms with Crippen LogP contribution in [-0.4, -0.2) is 17.2 Å². The van der Waals surface area contributed by atoms with E-state index in [0.717, 1.165) is 18.5 Å². The second-order valence-electron chi connectivity index (χ2n) is 4.58. The van der Waals surface area contributed by atoms with E-state index < -0.39 is 0 Å². The van der Waals surface area contributed by atoms with Crippen LogP contribution in [0.5, 0.6) is 0 Å². The van der Waals surface area contributed by atoms with Crippen LogP contribution < -0.4 is 10.6 Å². The van der Waals surface area contributed by atoms with Crippen LogP contribution in [0.4, 0.5) is 4.79 Å². The molecule has 1 aromatic heterocycles. The molecule has 1 aliphatic carbocycles. The molecule has 1 saturated carbocycles. The molecule has 2 amide bonds. The summed E-state index contributed by atoms with van der Waals surface area (Å²) in [5.41, 5.74) is 0.833. The van der Waals surface area contributed by atoms with E-state index in [1.165, 1.54) is 19.3 Å². The molecule has 2 rings (SSSR count). The second kappa shape index (κ2) is 6.78. The molecule has 0 radical (unpaired) electrons. The number of halogens is 1. The van der Waals surface area contributed by atoms with Crippen LogP contribution in [-0.2, 0) is 11.9 Å². The van der Waals surface area contributed by atoms with E-state index in [1.54, 1.807) is 0 Å². The topological polar surface area (TPSA) is 67.2 Å². The predicted octanol–water partition coefficient (Wildman–Crippen LogP) is 2.70. The molecule has 0 aliphatic heterocycles. The summed E-state index contributed by atoms with van der Waals surface area (Å²) in [5, 5.41) is 10.3. The Morgan fingerprint density at radius 3 is 2.89 bits per heavy atom.